The Kier molecular flexibility index (Phi) is 6.07. The first-order valence-corrected chi connectivity index (χ1v) is 14.1. The highest BCUT2D eigenvalue weighted by Crippen LogP contribution is 2.40. The first-order valence-electron chi connectivity index (χ1n) is 13.2. The monoisotopic (exact) mass is 499 g/mol. The van der Waals surface area contributed by atoms with Gasteiger partial charge in [0.25, 0.3) is 0 Å². The number of likely N-dealkylation sites (tertiary alicyclic amines) is 1. The van der Waals surface area contributed by atoms with Gasteiger partial charge in [-0.25, -0.2) is 10.4 Å². The fourth-order valence-corrected chi connectivity index (χ4v) is 7.12. The molecule has 0 bridgehead atoms. The number of piperidine rings is 2. The third-order valence-electron chi connectivity index (χ3n) is 8.21. The van der Waals surface area contributed by atoms with Gasteiger partial charge in [-0.2, -0.15) is 0 Å². The second kappa shape index (κ2) is 9.68. The van der Waals surface area contributed by atoms with Crippen LogP contribution >= 0.6 is 11.3 Å². The molecule has 0 amide bonds. The van der Waals surface area contributed by atoms with Crippen LogP contribution in [0.1, 0.15) is 54.6 Å². The fourth-order valence-electron chi connectivity index (χ4n) is 6.35. The number of hydrogen-bond donors (Lipinski definition) is 4. The van der Waals surface area contributed by atoms with Crippen LogP contribution in [0.3, 0.4) is 0 Å². The van der Waals surface area contributed by atoms with Crippen molar-refractivity contribution in [3.05, 3.63) is 71.1 Å². The molecule has 4 atom stereocenters. The van der Waals surface area contributed by atoms with Crippen LogP contribution in [0.4, 0.5) is 0 Å². The summed E-state index contributed by atoms with van der Waals surface area (Å²) in [7, 11) is 0. The summed E-state index contributed by atoms with van der Waals surface area (Å²) >= 11 is 1.77. The Morgan fingerprint density at radius 3 is 2.89 bits per heavy atom. The van der Waals surface area contributed by atoms with Gasteiger partial charge in [0.1, 0.15) is 5.65 Å². The van der Waals surface area contributed by atoms with Crippen molar-refractivity contribution in [3.63, 3.8) is 0 Å². The molecule has 7 nitrogen and oxygen atoms in total. The zero-order chi connectivity index (χ0) is 23.9. The lowest BCUT2D eigenvalue weighted by molar-refractivity contribution is 0.220. The van der Waals surface area contributed by atoms with Gasteiger partial charge in [-0.1, -0.05) is 12.5 Å². The van der Waals surface area contributed by atoms with Crippen LogP contribution in [0, 0.1) is 5.92 Å². The van der Waals surface area contributed by atoms with E-state index < -0.39 is 0 Å². The average Bonchev–Trinajstić information content (AvgIpc) is 3.68. The van der Waals surface area contributed by atoms with Gasteiger partial charge in [-0.05, 0) is 73.1 Å². The highest BCUT2D eigenvalue weighted by molar-refractivity contribution is 7.13. The summed E-state index contributed by atoms with van der Waals surface area (Å²) in [5.74, 6) is 0.472. The molecule has 0 aliphatic carbocycles. The van der Waals surface area contributed by atoms with E-state index in [-0.39, 0.29) is 6.04 Å². The Morgan fingerprint density at radius 1 is 1.06 bits per heavy atom. The van der Waals surface area contributed by atoms with Crippen molar-refractivity contribution in [1.82, 2.24) is 36.0 Å². The van der Waals surface area contributed by atoms with E-state index in [0.717, 1.165) is 25.2 Å². The number of hydrogen-bond acceptors (Lipinski definition) is 7. The number of H-pyrrole nitrogens is 1. The van der Waals surface area contributed by atoms with Crippen molar-refractivity contribution >= 4 is 22.4 Å². The Labute approximate surface area is 215 Å². The Bertz CT molecular complexity index is 1330. The fraction of sp³-hybridized carbons (Fsp3) is 0.429. The van der Waals surface area contributed by atoms with Crippen molar-refractivity contribution < 1.29 is 0 Å². The van der Waals surface area contributed by atoms with E-state index in [1.165, 1.54) is 65.0 Å². The van der Waals surface area contributed by atoms with Crippen molar-refractivity contribution in [2.45, 2.75) is 50.4 Å². The van der Waals surface area contributed by atoms with Gasteiger partial charge in [-0.3, -0.25) is 15.3 Å². The highest BCUT2D eigenvalue weighted by Gasteiger charge is 2.42. The highest BCUT2D eigenvalue weighted by atomic mass is 32.1. The zero-order valence-electron chi connectivity index (χ0n) is 20.4. The minimum atomic E-state index is 0.217. The van der Waals surface area contributed by atoms with Crippen LogP contribution in [-0.4, -0.2) is 45.5 Å². The van der Waals surface area contributed by atoms with E-state index in [2.05, 4.69) is 77.9 Å². The number of pyridine rings is 2. The lowest BCUT2D eigenvalue weighted by Crippen LogP contribution is -2.46. The number of aromatic amines is 1. The smallest absolute Gasteiger partial charge is 0.138 e. The van der Waals surface area contributed by atoms with Crippen LogP contribution in [-0.2, 0) is 6.54 Å². The molecule has 8 heteroatoms. The molecule has 3 fully saturated rings. The van der Waals surface area contributed by atoms with Crippen molar-refractivity contribution in [1.29, 1.82) is 0 Å². The summed E-state index contributed by atoms with van der Waals surface area (Å²) in [6.45, 7) is 4.37. The number of aromatic nitrogens is 3. The predicted octanol–water partition coefficient (Wildman–Crippen LogP) is 4.54. The van der Waals surface area contributed by atoms with E-state index >= 15 is 0 Å². The molecular weight excluding hydrogens is 466 g/mol. The van der Waals surface area contributed by atoms with Gasteiger partial charge >= 0.3 is 0 Å². The van der Waals surface area contributed by atoms with Crippen LogP contribution < -0.4 is 16.2 Å². The third-order valence-corrected chi connectivity index (χ3v) is 9.11. The molecule has 0 saturated carbocycles. The zero-order valence-corrected chi connectivity index (χ0v) is 21.2. The van der Waals surface area contributed by atoms with Crippen molar-refractivity contribution in [2.75, 3.05) is 19.6 Å². The maximum Gasteiger partial charge on any atom is 0.138 e. The summed E-state index contributed by atoms with van der Waals surface area (Å²) in [4.78, 5) is 16.8. The van der Waals surface area contributed by atoms with Gasteiger partial charge in [0, 0.05) is 71.2 Å². The molecule has 4 aromatic heterocycles. The van der Waals surface area contributed by atoms with Gasteiger partial charge in [0.2, 0.25) is 0 Å². The van der Waals surface area contributed by atoms with Crippen LogP contribution in [0.25, 0.3) is 21.5 Å². The minimum absolute atomic E-state index is 0.217. The molecule has 7 rings (SSSR count). The van der Waals surface area contributed by atoms with E-state index in [4.69, 9.17) is 0 Å². The molecule has 3 saturated heterocycles. The largest absolute Gasteiger partial charge is 0.342 e. The first-order chi connectivity index (χ1) is 17.8. The summed E-state index contributed by atoms with van der Waals surface area (Å²) in [5.41, 5.74) is 13.2. The molecule has 3 aliphatic rings. The van der Waals surface area contributed by atoms with Gasteiger partial charge in [0.05, 0.1) is 6.04 Å². The molecule has 0 radical (unpaired) electrons. The van der Waals surface area contributed by atoms with Crippen LogP contribution in [0.5, 0.6) is 0 Å². The Balaban J connectivity index is 1.12. The van der Waals surface area contributed by atoms with Crippen molar-refractivity contribution in [2.24, 2.45) is 5.92 Å². The first kappa shape index (κ1) is 22.6. The predicted molar refractivity (Wildman–Crippen MR) is 144 cm³/mol. The van der Waals surface area contributed by atoms with Crippen LogP contribution in [0.2, 0.25) is 0 Å². The number of nitrogens with one attached hydrogen (secondary N) is 4. The quantitative estimate of drug-likeness (QED) is 0.323. The van der Waals surface area contributed by atoms with Gasteiger partial charge < -0.3 is 10.3 Å². The SMILES string of the molecule is c1csc(-c2ccnc3[nH]c(C4NNC5CNC(c6cncc(CN7CCCCC7)c6)CC54)cc23)c1. The maximum atomic E-state index is 4.64. The van der Waals surface area contributed by atoms with Gasteiger partial charge in [-0.15, -0.1) is 11.3 Å². The molecule has 7 heterocycles. The molecule has 0 spiro atoms. The molecule has 36 heavy (non-hydrogen) atoms. The second-order valence-corrected chi connectivity index (χ2v) is 11.5. The standard InChI is InChI=1S/C28H33N7S/c1-2-8-35(9-3-1)17-18-11-19(15-29-14-18)23-13-22-25(16-31-23)33-34-27(22)24-12-21-20(26-5-4-10-36-26)6-7-30-28(21)32-24/h4-7,10-12,14-15,22-23,25,27,31,33-34H,1-3,8-9,13,16-17H2,(H,30,32). The minimum Gasteiger partial charge on any atom is -0.342 e. The topological polar surface area (TPSA) is 80.9 Å². The molecule has 0 aromatic carbocycles. The summed E-state index contributed by atoms with van der Waals surface area (Å²) < 4.78 is 0. The number of rotatable bonds is 5. The normalized spacial score (nSPS) is 26.9. The molecule has 4 aromatic rings. The van der Waals surface area contributed by atoms with Gasteiger partial charge in [0.15, 0.2) is 0 Å². The molecule has 3 aliphatic heterocycles. The average molecular weight is 500 g/mol. The summed E-state index contributed by atoms with van der Waals surface area (Å²) in [5, 5.41) is 7.11. The number of hydrazine groups is 1. The van der Waals surface area contributed by atoms with E-state index in [1.54, 1.807) is 11.3 Å². The Morgan fingerprint density at radius 2 is 2.00 bits per heavy atom. The second-order valence-electron chi connectivity index (χ2n) is 10.5. The number of fused-ring (bicyclic) bond motifs is 2. The van der Waals surface area contributed by atoms with E-state index in [9.17, 15) is 0 Å². The lowest BCUT2D eigenvalue weighted by Gasteiger charge is -2.34. The lowest BCUT2D eigenvalue weighted by atomic mass is 9.81. The van der Waals surface area contributed by atoms with Crippen molar-refractivity contribution in [3.8, 4) is 10.4 Å². The Hall–Kier alpha value is -2.62. The maximum absolute atomic E-state index is 4.64. The third kappa shape index (κ3) is 4.27. The van der Waals surface area contributed by atoms with E-state index in [1.807, 2.05) is 12.4 Å². The number of thiophene rings is 1. The molecule has 4 unspecified atom stereocenters. The molecular formula is C28H33N7S. The van der Waals surface area contributed by atoms with E-state index in [0.29, 0.717) is 18.0 Å². The summed E-state index contributed by atoms with van der Waals surface area (Å²) in [6, 6.07) is 12.0. The summed E-state index contributed by atoms with van der Waals surface area (Å²) in [6.07, 6.45) is 11.1. The van der Waals surface area contributed by atoms with Crippen LogP contribution in [0.15, 0.2) is 54.3 Å². The number of nitrogens with zero attached hydrogens (tertiary/aromatic N) is 3. The molecule has 186 valence electrons. The molecule has 4 N–H and O–H groups in total.